The van der Waals surface area contributed by atoms with Crippen molar-refractivity contribution in [2.75, 3.05) is 0 Å². The van der Waals surface area contributed by atoms with Crippen LogP contribution in [-0.2, 0) is 4.79 Å². The smallest absolute Gasteiger partial charge is 0.0456 e. The number of carboxylic acid groups (broad SMARTS) is 1. The van der Waals surface area contributed by atoms with Crippen LogP contribution >= 0.6 is 0 Å². The van der Waals surface area contributed by atoms with Crippen molar-refractivity contribution in [3.05, 3.63) is 11.6 Å². The molecule has 0 aromatic heterocycles. The Morgan fingerprint density at radius 3 is 2.43 bits per heavy atom. The molecule has 0 spiro atoms. The van der Waals surface area contributed by atoms with Gasteiger partial charge in [0.05, 0.1) is 0 Å². The van der Waals surface area contributed by atoms with Gasteiger partial charge in [0.25, 0.3) is 0 Å². The summed E-state index contributed by atoms with van der Waals surface area (Å²) in [4.78, 5) is 10.8. The first kappa shape index (κ1) is 9.75. The Morgan fingerprint density at radius 1 is 1.43 bits per heavy atom. The van der Waals surface area contributed by atoms with E-state index in [-0.39, 0.29) is 17.3 Å². The zero-order chi connectivity index (χ0) is 10.3. The van der Waals surface area contributed by atoms with Crippen LogP contribution < -0.4 is 5.11 Å². The van der Waals surface area contributed by atoms with E-state index in [1.54, 1.807) is 0 Å². The Hall–Kier alpha value is -0.790. The fourth-order valence-electron chi connectivity index (χ4n) is 2.69. The molecule has 78 valence electrons. The lowest BCUT2D eigenvalue weighted by Gasteiger charge is -2.01. The van der Waals surface area contributed by atoms with Crippen LogP contribution in [-0.4, -0.2) is 5.97 Å². The summed E-state index contributed by atoms with van der Waals surface area (Å²) in [6.07, 6.45) is 7.09. The minimum absolute atomic E-state index is 0.0750. The molecule has 2 unspecified atom stereocenters. The molecule has 2 atom stereocenters. The maximum absolute atomic E-state index is 10.8. The van der Waals surface area contributed by atoms with Crippen molar-refractivity contribution in [2.24, 2.45) is 17.3 Å². The van der Waals surface area contributed by atoms with Gasteiger partial charge >= 0.3 is 0 Å². The van der Waals surface area contributed by atoms with Gasteiger partial charge in [0.1, 0.15) is 0 Å². The largest absolute Gasteiger partial charge is 0.550 e. The summed E-state index contributed by atoms with van der Waals surface area (Å²) in [5.41, 5.74) is 1.39. The molecule has 0 aromatic carbocycles. The third-order valence-corrected chi connectivity index (χ3v) is 3.83. The van der Waals surface area contributed by atoms with Crippen LogP contribution in [0.1, 0.15) is 39.5 Å². The number of aliphatic carboxylic acids is 1. The maximum Gasteiger partial charge on any atom is 0.0456 e. The number of hydrogen-bond acceptors (Lipinski definition) is 2. The Bertz CT molecular complexity index is 281. The molecule has 0 heterocycles. The van der Waals surface area contributed by atoms with E-state index in [1.165, 1.54) is 31.3 Å². The molecule has 2 rings (SSSR count). The Labute approximate surface area is 85.0 Å². The second-order valence-corrected chi connectivity index (χ2v) is 5.18. The summed E-state index contributed by atoms with van der Waals surface area (Å²) in [5, 5.41) is 10.8. The molecule has 2 aliphatic carbocycles. The second-order valence-electron chi connectivity index (χ2n) is 5.18. The summed E-state index contributed by atoms with van der Waals surface area (Å²) < 4.78 is 0. The Kier molecular flexibility index (Phi) is 2.17. The summed E-state index contributed by atoms with van der Waals surface area (Å²) in [6.45, 7) is 4.04. The highest BCUT2D eigenvalue weighted by Crippen LogP contribution is 2.59. The first-order valence-electron chi connectivity index (χ1n) is 5.44. The van der Waals surface area contributed by atoms with E-state index in [1.807, 2.05) is 13.8 Å². The van der Waals surface area contributed by atoms with Crippen LogP contribution in [0.5, 0.6) is 0 Å². The molecule has 2 heteroatoms. The van der Waals surface area contributed by atoms with Gasteiger partial charge in [0.2, 0.25) is 0 Å². The van der Waals surface area contributed by atoms with Gasteiger partial charge in [-0.25, -0.2) is 0 Å². The van der Waals surface area contributed by atoms with E-state index in [4.69, 9.17) is 0 Å². The van der Waals surface area contributed by atoms with Crippen molar-refractivity contribution in [1.82, 2.24) is 0 Å². The zero-order valence-electron chi connectivity index (χ0n) is 8.88. The van der Waals surface area contributed by atoms with Crippen molar-refractivity contribution >= 4 is 5.97 Å². The fourth-order valence-corrected chi connectivity index (χ4v) is 2.69. The molecule has 0 aliphatic heterocycles. The number of carbonyl (C=O) groups excluding carboxylic acids is 1. The van der Waals surface area contributed by atoms with Crippen molar-refractivity contribution in [3.8, 4) is 0 Å². The van der Waals surface area contributed by atoms with Crippen molar-refractivity contribution in [1.29, 1.82) is 0 Å². The van der Waals surface area contributed by atoms with Gasteiger partial charge in [-0.15, -0.1) is 0 Å². The third kappa shape index (κ3) is 1.47. The molecule has 0 saturated heterocycles. The van der Waals surface area contributed by atoms with Crippen LogP contribution in [0, 0.1) is 17.3 Å². The molecule has 0 amide bonds. The van der Waals surface area contributed by atoms with Crippen LogP contribution in [0.2, 0.25) is 0 Å². The number of rotatable bonds is 2. The molecule has 2 aliphatic rings. The van der Waals surface area contributed by atoms with Gasteiger partial charge in [-0.05, 0) is 37.0 Å². The number of carbonyl (C=O) groups is 1. The lowest BCUT2D eigenvalue weighted by atomic mass is 10.1. The lowest BCUT2D eigenvalue weighted by molar-refractivity contribution is -0.308. The van der Waals surface area contributed by atoms with E-state index >= 15 is 0 Å². The maximum atomic E-state index is 10.8. The van der Waals surface area contributed by atoms with Crippen LogP contribution in [0.25, 0.3) is 0 Å². The fraction of sp³-hybridized carbons (Fsp3) is 0.750. The van der Waals surface area contributed by atoms with Crippen molar-refractivity contribution in [3.63, 3.8) is 0 Å². The minimum atomic E-state index is -0.880. The number of allylic oxidation sites excluding steroid dienone is 2. The zero-order valence-corrected chi connectivity index (χ0v) is 8.88. The molecule has 0 N–H and O–H groups in total. The number of hydrogen-bond donors (Lipinski definition) is 0. The average molecular weight is 193 g/mol. The van der Waals surface area contributed by atoms with Gasteiger partial charge in [-0.1, -0.05) is 25.5 Å². The first-order chi connectivity index (χ1) is 6.53. The van der Waals surface area contributed by atoms with Gasteiger partial charge in [-0.3, -0.25) is 0 Å². The van der Waals surface area contributed by atoms with Gasteiger partial charge in [0.15, 0.2) is 0 Å². The Morgan fingerprint density at radius 2 is 2.00 bits per heavy atom. The Balaban J connectivity index is 2.07. The predicted octanol–water partition coefficient (Wildman–Crippen LogP) is 1.51. The molecule has 0 radical (unpaired) electrons. The van der Waals surface area contributed by atoms with Crippen molar-refractivity contribution < 1.29 is 9.90 Å². The number of carboxylic acids is 1. The first-order valence-corrected chi connectivity index (χ1v) is 5.44. The normalized spacial score (nSPS) is 34.3. The molecule has 2 saturated carbocycles. The van der Waals surface area contributed by atoms with Crippen LogP contribution in [0.15, 0.2) is 11.6 Å². The molecule has 14 heavy (non-hydrogen) atoms. The standard InChI is InChI=1S/C12H18O2/c1-12(2)9(10(12)11(13)14)7-8-5-3-4-6-8/h7,9-10H,3-6H2,1-2H3,(H,13,14)/p-1. The SMILES string of the molecule is CC1(C)C(C=C2CCCC2)C1C(=O)[O-]. The monoisotopic (exact) mass is 193 g/mol. The van der Waals surface area contributed by atoms with E-state index in [0.29, 0.717) is 0 Å². The van der Waals surface area contributed by atoms with Gasteiger partial charge < -0.3 is 9.90 Å². The van der Waals surface area contributed by atoms with Crippen LogP contribution in [0.4, 0.5) is 0 Å². The van der Waals surface area contributed by atoms with Gasteiger partial charge in [-0.2, -0.15) is 0 Å². The molecule has 0 aromatic rings. The van der Waals surface area contributed by atoms with E-state index in [9.17, 15) is 9.90 Å². The molecule has 2 nitrogen and oxygen atoms in total. The minimum Gasteiger partial charge on any atom is -0.550 e. The quantitative estimate of drug-likeness (QED) is 0.624. The molecular formula is C12H17O2-. The highest BCUT2D eigenvalue weighted by Gasteiger charge is 2.57. The van der Waals surface area contributed by atoms with E-state index < -0.39 is 5.97 Å². The highest BCUT2D eigenvalue weighted by atomic mass is 16.4. The summed E-state index contributed by atoms with van der Waals surface area (Å²) in [5.74, 6) is -0.911. The van der Waals surface area contributed by atoms with E-state index in [0.717, 1.165) is 0 Å². The summed E-state index contributed by atoms with van der Waals surface area (Å²) in [7, 11) is 0. The topological polar surface area (TPSA) is 40.1 Å². The molecule has 0 bridgehead atoms. The summed E-state index contributed by atoms with van der Waals surface area (Å²) in [6, 6.07) is 0. The van der Waals surface area contributed by atoms with E-state index in [2.05, 4.69) is 6.08 Å². The third-order valence-electron chi connectivity index (χ3n) is 3.83. The summed E-state index contributed by atoms with van der Waals surface area (Å²) >= 11 is 0. The lowest BCUT2D eigenvalue weighted by Crippen LogP contribution is -2.26. The van der Waals surface area contributed by atoms with Gasteiger partial charge in [0, 0.05) is 11.9 Å². The van der Waals surface area contributed by atoms with Crippen molar-refractivity contribution in [2.45, 2.75) is 39.5 Å². The highest BCUT2D eigenvalue weighted by molar-refractivity contribution is 5.74. The second kappa shape index (κ2) is 3.11. The molecule has 2 fully saturated rings. The van der Waals surface area contributed by atoms with Crippen LogP contribution in [0.3, 0.4) is 0 Å². The molecular weight excluding hydrogens is 176 g/mol. The predicted molar refractivity (Wildman–Crippen MR) is 52.3 cm³/mol. The average Bonchev–Trinajstić information content (AvgIpc) is 2.50.